The Morgan fingerprint density at radius 1 is 1.26 bits per heavy atom. The largest absolute Gasteiger partial charge is 0.423 e. The minimum Gasteiger partial charge on any atom is -0.423 e. The first-order valence-electron chi connectivity index (χ1n) is 8.15. The zero-order valence-corrected chi connectivity index (χ0v) is 13.3. The van der Waals surface area contributed by atoms with E-state index in [4.69, 9.17) is 10.2 Å². The van der Waals surface area contributed by atoms with Crippen LogP contribution < -0.4 is 16.7 Å². The molecule has 122 valence electrons. The molecule has 1 aliphatic carbocycles. The van der Waals surface area contributed by atoms with E-state index in [1.54, 1.807) is 12.1 Å². The summed E-state index contributed by atoms with van der Waals surface area (Å²) < 4.78 is 5.20. The van der Waals surface area contributed by atoms with E-state index in [0.29, 0.717) is 11.3 Å². The van der Waals surface area contributed by atoms with Crippen molar-refractivity contribution in [3.05, 3.63) is 40.2 Å². The summed E-state index contributed by atoms with van der Waals surface area (Å²) in [6, 6.07) is 6.29. The lowest BCUT2D eigenvalue weighted by molar-refractivity contribution is -0.118. The lowest BCUT2D eigenvalue weighted by Crippen LogP contribution is -2.42. The molecule has 2 aromatic rings. The summed E-state index contributed by atoms with van der Waals surface area (Å²) in [4.78, 5) is 23.8. The van der Waals surface area contributed by atoms with E-state index in [1.807, 2.05) is 13.0 Å². The first kappa shape index (κ1) is 15.7. The van der Waals surface area contributed by atoms with Crippen LogP contribution in [-0.2, 0) is 4.79 Å². The van der Waals surface area contributed by atoms with Gasteiger partial charge in [-0.05, 0) is 43.4 Å². The fourth-order valence-electron chi connectivity index (χ4n) is 3.34. The van der Waals surface area contributed by atoms with Crippen LogP contribution in [-0.4, -0.2) is 11.9 Å². The second-order valence-electron chi connectivity index (χ2n) is 6.37. The van der Waals surface area contributed by atoms with E-state index in [-0.39, 0.29) is 11.8 Å². The molecule has 1 amide bonds. The Morgan fingerprint density at radius 2 is 2.00 bits per heavy atom. The quantitative estimate of drug-likeness (QED) is 0.853. The fourth-order valence-corrected chi connectivity index (χ4v) is 3.34. The van der Waals surface area contributed by atoms with Gasteiger partial charge in [0.05, 0.1) is 6.04 Å². The van der Waals surface area contributed by atoms with Crippen LogP contribution in [0.4, 0.5) is 5.69 Å². The van der Waals surface area contributed by atoms with Gasteiger partial charge in [0.25, 0.3) is 0 Å². The predicted octanol–water partition coefficient (Wildman–Crippen LogP) is 2.95. The number of rotatable bonds is 3. The smallest absolute Gasteiger partial charge is 0.336 e. The van der Waals surface area contributed by atoms with Crippen LogP contribution >= 0.6 is 0 Å². The van der Waals surface area contributed by atoms with Crippen molar-refractivity contribution < 1.29 is 9.21 Å². The standard InChI is InChI=1S/C18H22N2O3/c1-11-9-16(21)23-15-10-13(7-8-14(11)15)20-18(22)17(19)12-5-3-2-4-6-12/h7-10,12,17H,2-6,19H2,1H3,(H,20,22)/t17-/m0/s1. The number of anilines is 1. The molecular formula is C18H22N2O3. The molecule has 1 aromatic carbocycles. The lowest BCUT2D eigenvalue weighted by atomic mass is 9.84. The Bertz CT molecular complexity index is 775. The molecule has 0 bridgehead atoms. The maximum absolute atomic E-state index is 12.4. The fraction of sp³-hybridized carbons (Fsp3) is 0.444. The SMILES string of the molecule is Cc1cc(=O)oc2cc(NC(=O)[C@@H](N)C3CCCCC3)ccc12. The van der Waals surface area contributed by atoms with Crippen molar-refractivity contribution in [3.63, 3.8) is 0 Å². The third kappa shape index (κ3) is 3.45. The molecule has 1 saturated carbocycles. The van der Waals surface area contributed by atoms with Crippen LogP contribution in [0.3, 0.4) is 0 Å². The molecule has 3 rings (SSSR count). The summed E-state index contributed by atoms with van der Waals surface area (Å²) in [6.45, 7) is 1.86. The third-order valence-corrected chi connectivity index (χ3v) is 4.68. The zero-order chi connectivity index (χ0) is 16.4. The molecule has 23 heavy (non-hydrogen) atoms. The second-order valence-corrected chi connectivity index (χ2v) is 6.37. The highest BCUT2D eigenvalue weighted by Crippen LogP contribution is 2.26. The Balaban J connectivity index is 1.78. The Labute approximate surface area is 134 Å². The van der Waals surface area contributed by atoms with Crippen molar-refractivity contribution in [2.24, 2.45) is 11.7 Å². The van der Waals surface area contributed by atoms with E-state index in [1.165, 1.54) is 12.5 Å². The summed E-state index contributed by atoms with van der Waals surface area (Å²) in [5.41, 5.74) is 7.65. The third-order valence-electron chi connectivity index (χ3n) is 4.68. The number of nitrogens with two attached hydrogens (primary N) is 1. The van der Waals surface area contributed by atoms with Crippen molar-refractivity contribution in [1.82, 2.24) is 0 Å². The van der Waals surface area contributed by atoms with E-state index < -0.39 is 11.7 Å². The zero-order valence-electron chi connectivity index (χ0n) is 13.3. The van der Waals surface area contributed by atoms with Gasteiger partial charge in [-0.25, -0.2) is 4.79 Å². The number of carbonyl (C=O) groups excluding carboxylic acids is 1. The van der Waals surface area contributed by atoms with Crippen LogP contribution in [0, 0.1) is 12.8 Å². The highest BCUT2D eigenvalue weighted by Gasteiger charge is 2.26. The minimum atomic E-state index is -0.490. The normalized spacial score (nSPS) is 17.1. The molecular weight excluding hydrogens is 292 g/mol. The molecule has 0 aliphatic heterocycles. The van der Waals surface area contributed by atoms with Gasteiger partial charge in [0.1, 0.15) is 5.58 Å². The summed E-state index contributed by atoms with van der Waals surface area (Å²) in [5, 5.41) is 3.70. The van der Waals surface area contributed by atoms with Crippen LogP contribution in [0.2, 0.25) is 0 Å². The minimum absolute atomic E-state index is 0.175. The molecule has 1 fully saturated rings. The van der Waals surface area contributed by atoms with Gasteiger partial charge < -0.3 is 15.5 Å². The van der Waals surface area contributed by atoms with Crippen molar-refractivity contribution in [2.45, 2.75) is 45.1 Å². The Kier molecular flexibility index (Phi) is 4.48. The molecule has 0 radical (unpaired) electrons. The van der Waals surface area contributed by atoms with Gasteiger partial charge in [0.15, 0.2) is 0 Å². The van der Waals surface area contributed by atoms with E-state index in [2.05, 4.69) is 5.32 Å². The van der Waals surface area contributed by atoms with E-state index >= 15 is 0 Å². The first-order chi connectivity index (χ1) is 11.0. The number of hydrogen-bond acceptors (Lipinski definition) is 4. The number of fused-ring (bicyclic) bond motifs is 1. The summed E-state index contributed by atoms with van der Waals surface area (Å²) in [5.74, 6) is 0.0793. The molecule has 3 N–H and O–H groups in total. The van der Waals surface area contributed by atoms with E-state index in [0.717, 1.165) is 36.6 Å². The summed E-state index contributed by atoms with van der Waals surface area (Å²) in [6.07, 6.45) is 5.55. The van der Waals surface area contributed by atoms with Gasteiger partial charge >= 0.3 is 5.63 Å². The maximum Gasteiger partial charge on any atom is 0.336 e. The monoisotopic (exact) mass is 314 g/mol. The number of aryl methyl sites for hydroxylation is 1. The van der Waals surface area contributed by atoms with Crippen molar-refractivity contribution >= 4 is 22.6 Å². The highest BCUT2D eigenvalue weighted by atomic mass is 16.4. The first-order valence-corrected chi connectivity index (χ1v) is 8.15. The van der Waals surface area contributed by atoms with E-state index in [9.17, 15) is 9.59 Å². The molecule has 0 unspecified atom stereocenters. The lowest BCUT2D eigenvalue weighted by Gasteiger charge is -2.26. The van der Waals surface area contributed by atoms with Gasteiger partial charge in [-0.3, -0.25) is 4.79 Å². The van der Waals surface area contributed by atoms with Gasteiger partial charge in [-0.2, -0.15) is 0 Å². The average molecular weight is 314 g/mol. The molecule has 1 aliphatic rings. The van der Waals surface area contributed by atoms with Crippen LogP contribution in [0.5, 0.6) is 0 Å². The van der Waals surface area contributed by atoms with Crippen molar-refractivity contribution in [3.8, 4) is 0 Å². The maximum atomic E-state index is 12.4. The van der Waals surface area contributed by atoms with Crippen molar-refractivity contribution in [1.29, 1.82) is 0 Å². The molecule has 0 spiro atoms. The van der Waals surface area contributed by atoms with Gasteiger partial charge in [-0.1, -0.05) is 19.3 Å². The van der Waals surface area contributed by atoms with Gasteiger partial charge in [-0.15, -0.1) is 0 Å². The summed E-state index contributed by atoms with van der Waals surface area (Å²) >= 11 is 0. The molecule has 5 nitrogen and oxygen atoms in total. The Hall–Kier alpha value is -2.14. The molecule has 1 heterocycles. The van der Waals surface area contributed by atoms with Gasteiger partial charge in [0, 0.05) is 23.2 Å². The second kappa shape index (κ2) is 6.54. The van der Waals surface area contributed by atoms with Crippen LogP contribution in [0.25, 0.3) is 11.0 Å². The predicted molar refractivity (Wildman–Crippen MR) is 90.4 cm³/mol. The average Bonchev–Trinajstić information content (AvgIpc) is 2.54. The van der Waals surface area contributed by atoms with Crippen LogP contribution in [0.1, 0.15) is 37.7 Å². The number of benzene rings is 1. The molecule has 1 atom stereocenters. The number of hydrogen-bond donors (Lipinski definition) is 2. The molecule has 0 saturated heterocycles. The molecule has 5 heteroatoms. The number of carbonyl (C=O) groups is 1. The summed E-state index contributed by atoms with van der Waals surface area (Å²) in [7, 11) is 0. The number of amides is 1. The Morgan fingerprint density at radius 3 is 2.74 bits per heavy atom. The van der Waals surface area contributed by atoms with Gasteiger partial charge in [0.2, 0.25) is 5.91 Å². The topological polar surface area (TPSA) is 85.3 Å². The highest BCUT2D eigenvalue weighted by molar-refractivity contribution is 5.96. The van der Waals surface area contributed by atoms with Crippen LogP contribution in [0.15, 0.2) is 33.5 Å². The number of nitrogens with one attached hydrogen (secondary N) is 1. The molecule has 1 aromatic heterocycles. The van der Waals surface area contributed by atoms with Crippen molar-refractivity contribution in [2.75, 3.05) is 5.32 Å².